The molecule has 0 radical (unpaired) electrons. The molecule has 2 heterocycles. The minimum atomic E-state index is 0.677. The highest BCUT2D eigenvalue weighted by Gasteiger charge is 2.17. The first-order valence-electron chi connectivity index (χ1n) is 7.57. The van der Waals surface area contributed by atoms with Crippen molar-refractivity contribution in [2.45, 2.75) is 6.42 Å². The molecule has 4 heteroatoms. The molecule has 110 valence electrons. The van der Waals surface area contributed by atoms with E-state index in [1.807, 2.05) is 6.20 Å². The summed E-state index contributed by atoms with van der Waals surface area (Å²) >= 11 is 0. The maximum Gasteiger partial charge on any atom is 0.128 e. The first kappa shape index (κ1) is 13.9. The lowest BCUT2D eigenvalue weighted by Gasteiger charge is -2.36. The summed E-state index contributed by atoms with van der Waals surface area (Å²) in [7, 11) is 0. The van der Waals surface area contributed by atoms with Gasteiger partial charge in [0.15, 0.2) is 0 Å². The van der Waals surface area contributed by atoms with Crippen LogP contribution in [-0.2, 0) is 6.42 Å². The van der Waals surface area contributed by atoms with E-state index in [1.54, 1.807) is 0 Å². The van der Waals surface area contributed by atoms with Crippen LogP contribution >= 0.6 is 0 Å². The minimum absolute atomic E-state index is 0.677. The summed E-state index contributed by atoms with van der Waals surface area (Å²) in [4.78, 5) is 9.35. The zero-order valence-electron chi connectivity index (χ0n) is 12.3. The molecule has 4 nitrogen and oxygen atoms in total. The molecule has 0 atom stereocenters. The Morgan fingerprint density at radius 3 is 2.24 bits per heavy atom. The predicted molar refractivity (Wildman–Crippen MR) is 87.9 cm³/mol. The van der Waals surface area contributed by atoms with Gasteiger partial charge in [0, 0.05) is 38.1 Å². The fraction of sp³-hybridized carbons (Fsp3) is 0.353. The number of benzene rings is 1. The van der Waals surface area contributed by atoms with E-state index in [4.69, 9.17) is 5.73 Å². The largest absolute Gasteiger partial charge is 0.368 e. The quantitative estimate of drug-likeness (QED) is 0.930. The van der Waals surface area contributed by atoms with E-state index in [1.165, 1.54) is 11.3 Å². The van der Waals surface area contributed by atoms with Crippen LogP contribution < -0.4 is 15.5 Å². The van der Waals surface area contributed by atoms with Crippen molar-refractivity contribution in [3.05, 3.63) is 54.2 Å². The predicted octanol–water partition coefficient (Wildman–Crippen LogP) is 1.91. The second kappa shape index (κ2) is 6.59. The number of pyridine rings is 1. The SMILES string of the molecule is NCCc1ccc(N2CCN(c3ccccc3)CC2)nc1. The Hall–Kier alpha value is -2.07. The van der Waals surface area contributed by atoms with Gasteiger partial charge in [0.2, 0.25) is 0 Å². The molecule has 1 fully saturated rings. The van der Waals surface area contributed by atoms with Crippen molar-refractivity contribution in [1.82, 2.24) is 4.98 Å². The summed E-state index contributed by atoms with van der Waals surface area (Å²) in [6.45, 7) is 4.78. The van der Waals surface area contributed by atoms with Gasteiger partial charge in [0.05, 0.1) is 0 Å². The van der Waals surface area contributed by atoms with Crippen LogP contribution in [0.5, 0.6) is 0 Å². The van der Waals surface area contributed by atoms with E-state index in [9.17, 15) is 0 Å². The molecule has 0 amide bonds. The van der Waals surface area contributed by atoms with Crippen LogP contribution in [0.3, 0.4) is 0 Å². The van der Waals surface area contributed by atoms with Crippen molar-refractivity contribution in [3.63, 3.8) is 0 Å². The highest BCUT2D eigenvalue weighted by molar-refractivity contribution is 5.49. The first-order valence-corrected chi connectivity index (χ1v) is 7.57. The third-order valence-corrected chi connectivity index (χ3v) is 3.97. The average Bonchev–Trinajstić information content (AvgIpc) is 2.57. The second-order valence-electron chi connectivity index (χ2n) is 5.37. The number of nitrogens with zero attached hydrogens (tertiary/aromatic N) is 3. The molecule has 0 saturated carbocycles. The number of rotatable bonds is 4. The second-order valence-corrected chi connectivity index (χ2v) is 5.37. The van der Waals surface area contributed by atoms with Crippen molar-refractivity contribution < 1.29 is 0 Å². The summed E-state index contributed by atoms with van der Waals surface area (Å²) < 4.78 is 0. The smallest absolute Gasteiger partial charge is 0.128 e. The molecular formula is C17H22N4. The normalized spacial score (nSPS) is 15.3. The van der Waals surface area contributed by atoms with E-state index in [0.29, 0.717) is 6.54 Å². The van der Waals surface area contributed by atoms with Crippen molar-refractivity contribution in [1.29, 1.82) is 0 Å². The number of nitrogens with two attached hydrogens (primary N) is 1. The molecule has 1 aliphatic rings. The van der Waals surface area contributed by atoms with Crippen LogP contribution in [0.1, 0.15) is 5.56 Å². The molecule has 21 heavy (non-hydrogen) atoms. The Bertz CT molecular complexity index is 545. The van der Waals surface area contributed by atoms with E-state index < -0.39 is 0 Å². The Kier molecular flexibility index (Phi) is 4.36. The van der Waals surface area contributed by atoms with E-state index in [-0.39, 0.29) is 0 Å². The Morgan fingerprint density at radius 2 is 1.62 bits per heavy atom. The summed E-state index contributed by atoms with van der Waals surface area (Å²) in [5, 5.41) is 0. The number of anilines is 2. The Balaban J connectivity index is 1.60. The van der Waals surface area contributed by atoms with Gasteiger partial charge >= 0.3 is 0 Å². The minimum Gasteiger partial charge on any atom is -0.368 e. The number of para-hydroxylation sites is 1. The zero-order chi connectivity index (χ0) is 14.5. The molecule has 0 unspecified atom stereocenters. The number of hydrogen-bond acceptors (Lipinski definition) is 4. The molecule has 3 rings (SSSR count). The van der Waals surface area contributed by atoms with E-state index in [2.05, 4.69) is 57.2 Å². The van der Waals surface area contributed by atoms with Crippen molar-refractivity contribution in [2.24, 2.45) is 5.73 Å². The van der Waals surface area contributed by atoms with Crippen LogP contribution in [0.25, 0.3) is 0 Å². The van der Waals surface area contributed by atoms with Gasteiger partial charge in [-0.3, -0.25) is 0 Å². The van der Waals surface area contributed by atoms with Gasteiger partial charge in [0.25, 0.3) is 0 Å². The lowest BCUT2D eigenvalue weighted by Crippen LogP contribution is -2.46. The summed E-state index contributed by atoms with van der Waals surface area (Å²) in [6, 6.07) is 14.9. The number of piperazine rings is 1. The van der Waals surface area contributed by atoms with Gasteiger partial charge in [-0.1, -0.05) is 24.3 Å². The van der Waals surface area contributed by atoms with Crippen LogP contribution in [0.2, 0.25) is 0 Å². The van der Waals surface area contributed by atoms with Gasteiger partial charge in [-0.25, -0.2) is 4.98 Å². The summed E-state index contributed by atoms with van der Waals surface area (Å²) in [5.74, 6) is 1.07. The van der Waals surface area contributed by atoms with Crippen molar-refractivity contribution >= 4 is 11.5 Å². The maximum absolute atomic E-state index is 5.57. The Labute approximate surface area is 126 Å². The van der Waals surface area contributed by atoms with Crippen LogP contribution in [0.15, 0.2) is 48.7 Å². The molecule has 1 aromatic carbocycles. The Morgan fingerprint density at radius 1 is 0.905 bits per heavy atom. The fourth-order valence-electron chi connectivity index (χ4n) is 2.75. The molecule has 2 aromatic rings. The zero-order valence-corrected chi connectivity index (χ0v) is 12.3. The van der Waals surface area contributed by atoms with Crippen LogP contribution in [0, 0.1) is 0 Å². The average molecular weight is 282 g/mol. The summed E-state index contributed by atoms with van der Waals surface area (Å²) in [5.41, 5.74) is 8.09. The number of aromatic nitrogens is 1. The van der Waals surface area contributed by atoms with Gasteiger partial charge in [-0.15, -0.1) is 0 Å². The molecule has 0 bridgehead atoms. The van der Waals surface area contributed by atoms with E-state index in [0.717, 1.165) is 38.4 Å². The molecule has 1 aromatic heterocycles. The molecule has 0 aliphatic carbocycles. The molecule has 2 N–H and O–H groups in total. The van der Waals surface area contributed by atoms with Gasteiger partial charge in [-0.05, 0) is 36.7 Å². The topological polar surface area (TPSA) is 45.4 Å². The monoisotopic (exact) mass is 282 g/mol. The molecular weight excluding hydrogens is 260 g/mol. The molecule has 1 saturated heterocycles. The van der Waals surface area contributed by atoms with E-state index >= 15 is 0 Å². The lowest BCUT2D eigenvalue weighted by atomic mass is 10.2. The fourth-order valence-corrected chi connectivity index (χ4v) is 2.75. The molecule has 1 aliphatic heterocycles. The highest BCUT2D eigenvalue weighted by atomic mass is 15.3. The number of hydrogen-bond donors (Lipinski definition) is 1. The highest BCUT2D eigenvalue weighted by Crippen LogP contribution is 2.19. The first-order chi connectivity index (χ1) is 10.4. The maximum atomic E-state index is 5.57. The summed E-state index contributed by atoms with van der Waals surface area (Å²) in [6.07, 6.45) is 2.85. The van der Waals surface area contributed by atoms with Gasteiger partial charge < -0.3 is 15.5 Å². The van der Waals surface area contributed by atoms with Gasteiger partial charge in [0.1, 0.15) is 5.82 Å². The van der Waals surface area contributed by atoms with Crippen LogP contribution in [-0.4, -0.2) is 37.7 Å². The third-order valence-electron chi connectivity index (χ3n) is 3.97. The van der Waals surface area contributed by atoms with Crippen LogP contribution in [0.4, 0.5) is 11.5 Å². The third kappa shape index (κ3) is 3.34. The van der Waals surface area contributed by atoms with Gasteiger partial charge in [-0.2, -0.15) is 0 Å². The lowest BCUT2D eigenvalue weighted by molar-refractivity contribution is 0.647. The van der Waals surface area contributed by atoms with Crippen molar-refractivity contribution in [3.8, 4) is 0 Å². The van der Waals surface area contributed by atoms with Crippen molar-refractivity contribution in [2.75, 3.05) is 42.5 Å². The standard InChI is InChI=1S/C17H22N4/c18-9-8-15-6-7-17(19-14-15)21-12-10-20(11-13-21)16-4-2-1-3-5-16/h1-7,14H,8-13,18H2. The molecule has 0 spiro atoms.